The first kappa shape index (κ1) is 26.2. The van der Waals surface area contributed by atoms with Crippen molar-refractivity contribution >= 4 is 21.5 Å². The van der Waals surface area contributed by atoms with Crippen molar-refractivity contribution in [3.05, 3.63) is 150 Å². The van der Waals surface area contributed by atoms with Crippen LogP contribution in [0.15, 0.2) is 128 Å². The van der Waals surface area contributed by atoms with Gasteiger partial charge in [-0.3, -0.25) is 4.98 Å². The number of aromatic nitrogens is 1. The Hall–Kier alpha value is -5.21. The third-order valence-corrected chi connectivity index (χ3v) is 10.4. The number of hydrogen-bond acceptors (Lipinski definition) is 2. The highest BCUT2D eigenvalue weighted by molar-refractivity contribution is 6.17. The molecule has 9 rings (SSSR count). The average molecular weight is 580 g/mol. The zero-order valence-electron chi connectivity index (χ0n) is 26.0. The molecule has 216 valence electrons. The van der Waals surface area contributed by atoms with Crippen LogP contribution in [0.3, 0.4) is 0 Å². The Labute approximate surface area is 264 Å². The maximum absolute atomic E-state index is 6.93. The van der Waals surface area contributed by atoms with Crippen LogP contribution in [0.5, 0.6) is 11.5 Å². The van der Waals surface area contributed by atoms with E-state index in [1.54, 1.807) is 0 Å². The van der Waals surface area contributed by atoms with Gasteiger partial charge in [0.2, 0.25) is 0 Å². The van der Waals surface area contributed by atoms with E-state index in [9.17, 15) is 0 Å². The largest absolute Gasteiger partial charge is 0.456 e. The molecule has 1 heterocycles. The number of nitrogens with zero attached hydrogens (tertiary/aromatic N) is 1. The third-order valence-electron chi connectivity index (χ3n) is 10.4. The zero-order valence-corrected chi connectivity index (χ0v) is 26.0. The number of pyridine rings is 1. The van der Waals surface area contributed by atoms with Crippen molar-refractivity contribution in [2.45, 2.75) is 38.5 Å². The molecule has 0 spiro atoms. The number of rotatable bonds is 3. The lowest BCUT2D eigenvalue weighted by Gasteiger charge is -2.23. The third kappa shape index (κ3) is 3.60. The van der Waals surface area contributed by atoms with Crippen LogP contribution < -0.4 is 4.74 Å². The molecule has 0 amide bonds. The standard InChI is InChI=1S/C43H33NO/c1-42(2)36-15-9-7-11-28(36)30-19-17-26(23-38(30)42)40-32-13-5-6-14-33(32)41(34-21-22-44-25-35(34)40)45-27-18-20-31-29-12-8-10-16-37(29)43(3,4)39(31)24-27/h5-25H,1-4H3. The van der Waals surface area contributed by atoms with E-state index in [4.69, 9.17) is 4.74 Å². The minimum Gasteiger partial charge on any atom is -0.456 e. The van der Waals surface area contributed by atoms with Crippen LogP contribution in [0.4, 0.5) is 0 Å². The summed E-state index contributed by atoms with van der Waals surface area (Å²) < 4.78 is 6.93. The molecule has 1 aromatic heterocycles. The Balaban J connectivity index is 1.23. The molecule has 2 aliphatic rings. The van der Waals surface area contributed by atoms with Gasteiger partial charge in [-0.25, -0.2) is 0 Å². The summed E-state index contributed by atoms with van der Waals surface area (Å²) in [6.45, 7) is 9.30. The Bertz CT molecular complexity index is 2300. The lowest BCUT2D eigenvalue weighted by Crippen LogP contribution is -2.14. The highest BCUT2D eigenvalue weighted by atomic mass is 16.5. The van der Waals surface area contributed by atoms with Gasteiger partial charge in [-0.1, -0.05) is 119 Å². The van der Waals surface area contributed by atoms with Crippen molar-refractivity contribution in [3.8, 4) is 44.9 Å². The van der Waals surface area contributed by atoms with Crippen molar-refractivity contribution in [3.63, 3.8) is 0 Å². The molecule has 7 aromatic rings. The number of fused-ring (bicyclic) bond motifs is 8. The molecule has 0 aliphatic heterocycles. The lowest BCUT2D eigenvalue weighted by atomic mass is 9.81. The average Bonchev–Trinajstić information content (AvgIpc) is 3.44. The van der Waals surface area contributed by atoms with Crippen LogP contribution in [0.1, 0.15) is 49.9 Å². The summed E-state index contributed by atoms with van der Waals surface area (Å²) in [6, 6.07) is 41.9. The molecule has 0 fully saturated rings. The Morgan fingerprint density at radius 1 is 0.489 bits per heavy atom. The fourth-order valence-electron chi connectivity index (χ4n) is 8.13. The SMILES string of the molecule is CC1(C)c2ccccc2-c2ccc(Oc3c4ccccc4c(-c4ccc5c(c4)C(C)(C)c4ccccc4-5)c4cnccc34)cc21. The Morgan fingerprint density at radius 2 is 1.04 bits per heavy atom. The normalized spacial score (nSPS) is 15.0. The van der Waals surface area contributed by atoms with E-state index in [-0.39, 0.29) is 10.8 Å². The van der Waals surface area contributed by atoms with Gasteiger partial charge in [-0.05, 0) is 85.3 Å². The van der Waals surface area contributed by atoms with E-state index in [1.807, 2.05) is 12.4 Å². The van der Waals surface area contributed by atoms with Crippen LogP contribution in [0.25, 0.3) is 54.9 Å². The Morgan fingerprint density at radius 3 is 1.76 bits per heavy atom. The first-order valence-corrected chi connectivity index (χ1v) is 15.8. The second-order valence-electron chi connectivity index (χ2n) is 13.6. The van der Waals surface area contributed by atoms with Gasteiger partial charge in [0.05, 0.1) is 0 Å². The molecule has 0 atom stereocenters. The second kappa shape index (κ2) is 9.15. The quantitative estimate of drug-likeness (QED) is 0.194. The molecule has 0 saturated carbocycles. The summed E-state index contributed by atoms with van der Waals surface area (Å²) in [5.74, 6) is 1.72. The van der Waals surface area contributed by atoms with Gasteiger partial charge < -0.3 is 4.74 Å². The monoisotopic (exact) mass is 579 g/mol. The van der Waals surface area contributed by atoms with Gasteiger partial charge >= 0.3 is 0 Å². The highest BCUT2D eigenvalue weighted by Crippen LogP contribution is 2.53. The van der Waals surface area contributed by atoms with E-state index < -0.39 is 0 Å². The van der Waals surface area contributed by atoms with Gasteiger partial charge in [-0.15, -0.1) is 0 Å². The summed E-state index contributed by atoms with van der Waals surface area (Å²) in [6.07, 6.45) is 3.87. The maximum Gasteiger partial charge on any atom is 0.143 e. The van der Waals surface area contributed by atoms with E-state index >= 15 is 0 Å². The minimum atomic E-state index is -0.0930. The number of benzene rings is 6. The zero-order chi connectivity index (χ0) is 30.5. The first-order chi connectivity index (χ1) is 21.8. The van der Waals surface area contributed by atoms with Crippen LogP contribution in [0.2, 0.25) is 0 Å². The lowest BCUT2D eigenvalue weighted by molar-refractivity contribution is 0.491. The van der Waals surface area contributed by atoms with Crippen LogP contribution in [0, 0.1) is 0 Å². The molecule has 0 radical (unpaired) electrons. The summed E-state index contributed by atoms with van der Waals surface area (Å²) in [4.78, 5) is 4.62. The van der Waals surface area contributed by atoms with Crippen molar-refractivity contribution in [1.29, 1.82) is 0 Å². The van der Waals surface area contributed by atoms with Crippen molar-refractivity contribution in [2.75, 3.05) is 0 Å². The van der Waals surface area contributed by atoms with Crippen molar-refractivity contribution in [2.24, 2.45) is 0 Å². The van der Waals surface area contributed by atoms with Gasteiger partial charge in [0.15, 0.2) is 0 Å². The fraction of sp³-hybridized carbons (Fsp3) is 0.140. The number of ether oxygens (including phenoxy) is 1. The summed E-state index contributed by atoms with van der Waals surface area (Å²) in [5.41, 5.74) is 12.9. The molecule has 2 heteroatoms. The molecule has 45 heavy (non-hydrogen) atoms. The first-order valence-electron chi connectivity index (χ1n) is 15.8. The molecular formula is C43H33NO. The summed E-state index contributed by atoms with van der Waals surface area (Å²) in [7, 11) is 0. The van der Waals surface area contributed by atoms with Gasteiger partial charge in [0.25, 0.3) is 0 Å². The van der Waals surface area contributed by atoms with E-state index in [2.05, 4.69) is 148 Å². The molecule has 0 saturated heterocycles. The predicted molar refractivity (Wildman–Crippen MR) is 186 cm³/mol. The maximum atomic E-state index is 6.93. The van der Waals surface area contributed by atoms with E-state index in [0.29, 0.717) is 0 Å². The molecule has 2 nitrogen and oxygen atoms in total. The smallest absolute Gasteiger partial charge is 0.143 e. The van der Waals surface area contributed by atoms with Crippen LogP contribution in [-0.4, -0.2) is 4.98 Å². The topological polar surface area (TPSA) is 22.1 Å². The minimum absolute atomic E-state index is 0.0736. The Kier molecular flexibility index (Phi) is 5.33. The molecule has 0 N–H and O–H groups in total. The highest BCUT2D eigenvalue weighted by Gasteiger charge is 2.37. The number of hydrogen-bond donors (Lipinski definition) is 0. The fourth-order valence-corrected chi connectivity index (χ4v) is 8.13. The summed E-state index contributed by atoms with van der Waals surface area (Å²) >= 11 is 0. The molecule has 0 unspecified atom stereocenters. The van der Waals surface area contributed by atoms with Crippen LogP contribution >= 0.6 is 0 Å². The molecule has 0 bridgehead atoms. The molecule has 6 aromatic carbocycles. The van der Waals surface area contributed by atoms with Crippen molar-refractivity contribution in [1.82, 2.24) is 4.98 Å². The van der Waals surface area contributed by atoms with Gasteiger partial charge in [0, 0.05) is 39.4 Å². The molecular weight excluding hydrogens is 546 g/mol. The molecule has 2 aliphatic carbocycles. The van der Waals surface area contributed by atoms with Crippen LogP contribution in [-0.2, 0) is 10.8 Å². The predicted octanol–water partition coefficient (Wildman–Crippen LogP) is 11.5. The van der Waals surface area contributed by atoms with Gasteiger partial charge in [-0.2, -0.15) is 0 Å². The summed E-state index contributed by atoms with van der Waals surface area (Å²) in [5, 5.41) is 4.41. The van der Waals surface area contributed by atoms with E-state index in [1.165, 1.54) is 55.6 Å². The van der Waals surface area contributed by atoms with E-state index in [0.717, 1.165) is 33.0 Å². The second-order valence-corrected chi connectivity index (χ2v) is 13.6. The van der Waals surface area contributed by atoms with Crippen molar-refractivity contribution < 1.29 is 4.74 Å². The van der Waals surface area contributed by atoms with Gasteiger partial charge in [0.1, 0.15) is 11.5 Å².